The van der Waals surface area contributed by atoms with Gasteiger partial charge in [-0.1, -0.05) is 121 Å². The predicted molar refractivity (Wildman–Crippen MR) is 160 cm³/mol. The molecular formula is C35H48O2. The van der Waals surface area contributed by atoms with Crippen molar-refractivity contribution < 1.29 is 9.47 Å². The molecule has 0 heterocycles. The van der Waals surface area contributed by atoms with Gasteiger partial charge in [0.1, 0.15) is 11.5 Å². The molecule has 3 rings (SSSR count). The molecule has 2 heteroatoms. The van der Waals surface area contributed by atoms with Gasteiger partial charge in [0.05, 0.1) is 13.2 Å². The van der Waals surface area contributed by atoms with Crippen molar-refractivity contribution >= 4 is 0 Å². The lowest BCUT2D eigenvalue weighted by Crippen LogP contribution is -1.99. The minimum absolute atomic E-state index is 0.808. The van der Waals surface area contributed by atoms with E-state index in [0.29, 0.717) is 0 Å². The smallest absolute Gasteiger partial charge is 0.122 e. The molecule has 0 bridgehead atoms. The number of hydrogen-bond acceptors (Lipinski definition) is 2. The highest BCUT2D eigenvalue weighted by Crippen LogP contribution is 2.29. The van der Waals surface area contributed by atoms with Crippen LogP contribution in [0.25, 0.3) is 22.3 Å². The van der Waals surface area contributed by atoms with Gasteiger partial charge in [0.2, 0.25) is 0 Å². The minimum Gasteiger partial charge on any atom is -0.494 e. The Morgan fingerprint density at radius 1 is 0.459 bits per heavy atom. The zero-order valence-corrected chi connectivity index (χ0v) is 23.6. The predicted octanol–water partition coefficient (Wildman–Crippen LogP) is 10.8. The minimum atomic E-state index is 0.808. The Morgan fingerprint density at radius 2 is 0.892 bits per heavy atom. The van der Waals surface area contributed by atoms with Crippen molar-refractivity contribution in [1.29, 1.82) is 0 Å². The van der Waals surface area contributed by atoms with Crippen molar-refractivity contribution in [3.63, 3.8) is 0 Å². The SMILES string of the molecule is CCCCCCCCOc1ccc(-c2ccc(-c3ccc(OCCCCCCCC)c(C)c3)cc2)cc1. The summed E-state index contributed by atoms with van der Waals surface area (Å²) in [6, 6.07) is 23.9. The Hall–Kier alpha value is -2.74. The van der Waals surface area contributed by atoms with Crippen LogP contribution in [0.2, 0.25) is 0 Å². The van der Waals surface area contributed by atoms with Crippen molar-refractivity contribution in [2.24, 2.45) is 0 Å². The molecule has 0 aromatic heterocycles. The van der Waals surface area contributed by atoms with Crippen LogP contribution in [0.1, 0.15) is 96.5 Å². The van der Waals surface area contributed by atoms with Gasteiger partial charge in [0, 0.05) is 0 Å². The van der Waals surface area contributed by atoms with Crippen LogP contribution < -0.4 is 9.47 Å². The van der Waals surface area contributed by atoms with Crippen LogP contribution in [-0.4, -0.2) is 13.2 Å². The average molecular weight is 501 g/mol. The van der Waals surface area contributed by atoms with Crippen molar-refractivity contribution in [3.05, 3.63) is 72.3 Å². The van der Waals surface area contributed by atoms with Crippen LogP contribution in [0, 0.1) is 6.92 Å². The van der Waals surface area contributed by atoms with Gasteiger partial charge >= 0.3 is 0 Å². The number of hydrogen-bond donors (Lipinski definition) is 0. The molecule has 0 aliphatic rings. The van der Waals surface area contributed by atoms with Gasteiger partial charge in [-0.25, -0.2) is 0 Å². The summed E-state index contributed by atoms with van der Waals surface area (Å²) in [5, 5.41) is 0. The standard InChI is InChI=1S/C35H48O2/c1-4-6-8-10-12-14-26-36-34-23-20-31(21-24-34)30-16-18-32(19-17-30)33-22-25-35(29(3)28-33)37-27-15-13-11-9-7-5-2/h16-25,28H,4-15,26-27H2,1-3H3. The topological polar surface area (TPSA) is 18.5 Å². The van der Waals surface area contributed by atoms with Gasteiger partial charge in [0.25, 0.3) is 0 Å². The highest BCUT2D eigenvalue weighted by atomic mass is 16.5. The molecule has 0 atom stereocenters. The molecule has 0 unspecified atom stereocenters. The van der Waals surface area contributed by atoms with E-state index in [1.165, 1.54) is 92.0 Å². The fourth-order valence-electron chi connectivity index (χ4n) is 4.73. The Balaban J connectivity index is 1.46. The number of unbranched alkanes of at least 4 members (excludes halogenated alkanes) is 10. The van der Waals surface area contributed by atoms with Crippen LogP contribution in [0.5, 0.6) is 11.5 Å². The lowest BCUT2D eigenvalue weighted by atomic mass is 9.99. The molecule has 0 fully saturated rings. The maximum Gasteiger partial charge on any atom is 0.122 e. The molecule has 200 valence electrons. The van der Waals surface area contributed by atoms with Crippen LogP contribution >= 0.6 is 0 Å². The third-order valence-corrected chi connectivity index (χ3v) is 7.10. The summed E-state index contributed by atoms with van der Waals surface area (Å²) < 4.78 is 12.0. The summed E-state index contributed by atoms with van der Waals surface area (Å²) >= 11 is 0. The molecule has 3 aromatic rings. The Kier molecular flexibility index (Phi) is 13.2. The summed E-state index contributed by atoms with van der Waals surface area (Å²) in [6.45, 7) is 8.28. The monoisotopic (exact) mass is 500 g/mol. The number of ether oxygens (including phenoxy) is 2. The second kappa shape index (κ2) is 16.9. The first-order valence-electron chi connectivity index (χ1n) is 14.8. The number of benzene rings is 3. The maximum atomic E-state index is 6.06. The largest absolute Gasteiger partial charge is 0.494 e. The van der Waals surface area contributed by atoms with Crippen molar-refractivity contribution in [2.45, 2.75) is 97.8 Å². The number of rotatable bonds is 18. The van der Waals surface area contributed by atoms with Gasteiger partial charge in [-0.05, 0) is 71.8 Å². The van der Waals surface area contributed by atoms with E-state index in [1.807, 2.05) is 0 Å². The normalized spacial score (nSPS) is 11.0. The van der Waals surface area contributed by atoms with Gasteiger partial charge < -0.3 is 9.47 Å². The lowest BCUT2D eigenvalue weighted by molar-refractivity contribution is 0.302. The quantitative estimate of drug-likeness (QED) is 0.162. The van der Waals surface area contributed by atoms with E-state index in [2.05, 4.69) is 87.5 Å². The van der Waals surface area contributed by atoms with Crippen molar-refractivity contribution in [2.75, 3.05) is 13.2 Å². The number of aryl methyl sites for hydroxylation is 1. The molecule has 0 saturated carbocycles. The second-order valence-corrected chi connectivity index (χ2v) is 10.3. The molecule has 0 aliphatic carbocycles. The molecule has 0 aliphatic heterocycles. The first-order chi connectivity index (χ1) is 18.2. The Labute approximate surface area is 226 Å². The van der Waals surface area contributed by atoms with Gasteiger partial charge in [-0.15, -0.1) is 0 Å². The molecule has 0 N–H and O–H groups in total. The summed E-state index contributed by atoms with van der Waals surface area (Å²) in [4.78, 5) is 0. The third-order valence-electron chi connectivity index (χ3n) is 7.10. The van der Waals surface area contributed by atoms with E-state index >= 15 is 0 Å². The van der Waals surface area contributed by atoms with Gasteiger partial charge in [0.15, 0.2) is 0 Å². The second-order valence-electron chi connectivity index (χ2n) is 10.3. The average Bonchev–Trinajstić information content (AvgIpc) is 2.93. The molecule has 0 radical (unpaired) electrons. The molecule has 3 aromatic carbocycles. The first kappa shape index (κ1) is 28.8. The van der Waals surface area contributed by atoms with Crippen LogP contribution in [0.4, 0.5) is 0 Å². The summed E-state index contributed by atoms with van der Waals surface area (Å²) in [7, 11) is 0. The summed E-state index contributed by atoms with van der Waals surface area (Å²) in [5.74, 6) is 1.97. The molecule has 0 saturated heterocycles. The molecule has 0 spiro atoms. The Bertz CT molecular complexity index is 1000. The van der Waals surface area contributed by atoms with Crippen molar-refractivity contribution in [3.8, 4) is 33.8 Å². The van der Waals surface area contributed by atoms with Crippen LogP contribution in [0.15, 0.2) is 66.7 Å². The van der Waals surface area contributed by atoms with Gasteiger partial charge in [-0.2, -0.15) is 0 Å². The zero-order chi connectivity index (χ0) is 26.1. The third kappa shape index (κ3) is 10.3. The molecule has 37 heavy (non-hydrogen) atoms. The van der Waals surface area contributed by atoms with E-state index in [9.17, 15) is 0 Å². The first-order valence-corrected chi connectivity index (χ1v) is 14.8. The fourth-order valence-corrected chi connectivity index (χ4v) is 4.73. The van der Waals surface area contributed by atoms with E-state index in [-0.39, 0.29) is 0 Å². The van der Waals surface area contributed by atoms with E-state index < -0.39 is 0 Å². The van der Waals surface area contributed by atoms with E-state index in [1.54, 1.807) is 0 Å². The highest BCUT2D eigenvalue weighted by Gasteiger charge is 2.05. The molecule has 0 amide bonds. The van der Waals surface area contributed by atoms with Crippen molar-refractivity contribution in [1.82, 2.24) is 0 Å². The van der Waals surface area contributed by atoms with Crippen LogP contribution in [-0.2, 0) is 0 Å². The van der Waals surface area contributed by atoms with E-state index in [4.69, 9.17) is 9.47 Å². The summed E-state index contributed by atoms with van der Waals surface area (Å²) in [5.41, 5.74) is 6.10. The molecular weight excluding hydrogens is 452 g/mol. The molecule has 2 nitrogen and oxygen atoms in total. The fraction of sp³-hybridized carbons (Fsp3) is 0.486. The maximum absolute atomic E-state index is 6.06. The highest BCUT2D eigenvalue weighted by molar-refractivity contribution is 5.71. The van der Waals surface area contributed by atoms with Crippen LogP contribution in [0.3, 0.4) is 0 Å². The van der Waals surface area contributed by atoms with Gasteiger partial charge in [-0.3, -0.25) is 0 Å². The van der Waals surface area contributed by atoms with E-state index in [0.717, 1.165) is 37.6 Å². The lowest BCUT2D eigenvalue weighted by Gasteiger charge is -2.12. The summed E-state index contributed by atoms with van der Waals surface area (Å²) in [6.07, 6.45) is 15.4. The zero-order valence-electron chi connectivity index (χ0n) is 23.6. The Morgan fingerprint density at radius 3 is 1.43 bits per heavy atom.